The van der Waals surface area contributed by atoms with E-state index in [0.29, 0.717) is 38.9 Å². The molecular weight excluding hydrogens is 503 g/mol. The summed E-state index contributed by atoms with van der Waals surface area (Å²) in [6.07, 6.45) is -2.53. The summed E-state index contributed by atoms with van der Waals surface area (Å²) >= 11 is 0. The first kappa shape index (κ1) is 26.2. The molecule has 1 N–H and O–H groups in total. The number of ether oxygens (including phenoxy) is 1. The lowest BCUT2D eigenvalue weighted by atomic mass is 9.50. The van der Waals surface area contributed by atoms with Crippen LogP contribution in [-0.4, -0.2) is 41.8 Å². The number of aliphatic hydroxyl groups is 1. The molecule has 1 saturated heterocycles. The Morgan fingerprint density at radius 2 is 1.66 bits per heavy atom. The van der Waals surface area contributed by atoms with E-state index in [-0.39, 0.29) is 30.0 Å². The van der Waals surface area contributed by atoms with E-state index in [1.54, 1.807) is 6.08 Å². The van der Waals surface area contributed by atoms with Gasteiger partial charge in [-0.05, 0) is 78.7 Å². The predicted octanol–water partition coefficient (Wildman–Crippen LogP) is 6.80. The highest BCUT2D eigenvalue weighted by Crippen LogP contribution is 2.70. The fourth-order valence-corrected chi connectivity index (χ4v) is 8.41. The van der Waals surface area contributed by atoms with Crippen LogP contribution in [0.2, 0.25) is 0 Å². The van der Waals surface area contributed by atoms with Crippen molar-refractivity contribution in [2.45, 2.75) is 87.8 Å². The molecule has 1 aromatic rings. The molecule has 2 saturated carbocycles. The summed E-state index contributed by atoms with van der Waals surface area (Å²) in [5, 5.41) is 11.4. The summed E-state index contributed by atoms with van der Waals surface area (Å²) < 4.78 is 76.6. The van der Waals surface area contributed by atoms with Gasteiger partial charge in [-0.3, -0.25) is 4.79 Å². The Hall–Kier alpha value is -2.06. The maximum absolute atomic E-state index is 15.1. The van der Waals surface area contributed by atoms with Crippen LogP contribution in [0.5, 0.6) is 0 Å². The van der Waals surface area contributed by atoms with Crippen LogP contribution in [0.3, 0.4) is 0 Å². The number of carbonyl (C=O) groups is 1. The first-order valence-corrected chi connectivity index (χ1v) is 13.5. The van der Waals surface area contributed by atoms with Gasteiger partial charge in [0.2, 0.25) is 0 Å². The number of benzene rings is 1. The van der Waals surface area contributed by atoms with Crippen LogP contribution in [0.15, 0.2) is 47.1 Å². The van der Waals surface area contributed by atoms with Gasteiger partial charge < -0.3 is 9.84 Å². The van der Waals surface area contributed by atoms with Crippen molar-refractivity contribution in [1.29, 1.82) is 0 Å². The minimum Gasteiger partial charge on any atom is -0.383 e. The van der Waals surface area contributed by atoms with Crippen LogP contribution in [-0.2, 0) is 14.9 Å². The van der Waals surface area contributed by atoms with Crippen molar-refractivity contribution in [3.8, 4) is 0 Å². The molecule has 5 aliphatic rings. The average molecular weight is 537 g/mol. The number of hydrogen-bond donors (Lipinski definition) is 1. The second kappa shape index (κ2) is 8.23. The first-order valence-electron chi connectivity index (χ1n) is 13.5. The van der Waals surface area contributed by atoms with E-state index >= 15 is 8.78 Å². The molecule has 8 heteroatoms. The van der Waals surface area contributed by atoms with Crippen molar-refractivity contribution in [3.05, 3.63) is 58.2 Å². The molecule has 0 spiro atoms. The van der Waals surface area contributed by atoms with Crippen LogP contribution < -0.4 is 0 Å². The zero-order chi connectivity index (χ0) is 27.3. The van der Waals surface area contributed by atoms with Crippen molar-refractivity contribution < 1.29 is 36.6 Å². The van der Waals surface area contributed by atoms with Gasteiger partial charge in [0.15, 0.2) is 5.78 Å². The summed E-state index contributed by atoms with van der Waals surface area (Å²) in [7, 11) is 0. The first-order chi connectivity index (χ1) is 17.7. The Morgan fingerprint density at radius 1 is 0.974 bits per heavy atom. The molecule has 0 unspecified atom stereocenters. The highest BCUT2D eigenvalue weighted by molar-refractivity contribution is 5.93. The number of hydrogen-bond acceptors (Lipinski definition) is 3. The minimum atomic E-state index is -5.85. The molecule has 3 nitrogen and oxygen atoms in total. The molecule has 1 heterocycles. The number of rotatable bonds is 3. The third-order valence-corrected chi connectivity index (χ3v) is 10.6. The van der Waals surface area contributed by atoms with Gasteiger partial charge in [0.05, 0.1) is 13.2 Å². The molecular formula is C30H33F5O3. The lowest BCUT2D eigenvalue weighted by molar-refractivity contribution is -0.362. The van der Waals surface area contributed by atoms with Crippen molar-refractivity contribution in [2.24, 2.45) is 17.3 Å². The molecule has 0 aromatic heterocycles. The molecule has 5 atom stereocenters. The lowest BCUT2D eigenvalue weighted by Gasteiger charge is -2.56. The normalized spacial score (nSPS) is 36.7. The van der Waals surface area contributed by atoms with Crippen molar-refractivity contribution in [1.82, 2.24) is 0 Å². The van der Waals surface area contributed by atoms with Crippen LogP contribution in [0.25, 0.3) is 0 Å². The topological polar surface area (TPSA) is 46.5 Å². The fraction of sp³-hybridized carbons (Fsp3) is 0.633. The van der Waals surface area contributed by atoms with Crippen LogP contribution in [0.1, 0.15) is 75.8 Å². The van der Waals surface area contributed by atoms with Gasteiger partial charge in [-0.2, -0.15) is 22.0 Å². The van der Waals surface area contributed by atoms with Gasteiger partial charge in [-0.25, -0.2) is 0 Å². The number of ketones is 1. The largest absolute Gasteiger partial charge is 0.456 e. The summed E-state index contributed by atoms with van der Waals surface area (Å²) in [6.45, 7) is 4.77. The van der Waals surface area contributed by atoms with Crippen LogP contribution in [0.4, 0.5) is 22.0 Å². The number of alkyl halides is 5. The number of fused-ring (bicyclic) bond motifs is 4. The summed E-state index contributed by atoms with van der Waals surface area (Å²) in [5.74, 6) is -6.28. The quantitative estimate of drug-likeness (QED) is 0.432. The molecule has 3 fully saturated rings. The van der Waals surface area contributed by atoms with E-state index in [9.17, 15) is 23.1 Å². The van der Waals surface area contributed by atoms with Gasteiger partial charge in [0, 0.05) is 23.2 Å². The maximum Gasteiger partial charge on any atom is 0.456 e. The monoisotopic (exact) mass is 536 g/mol. The number of halogens is 5. The van der Waals surface area contributed by atoms with Crippen LogP contribution in [0, 0.1) is 17.3 Å². The molecule has 0 radical (unpaired) electrons. The van der Waals surface area contributed by atoms with Crippen molar-refractivity contribution >= 4 is 5.78 Å². The highest BCUT2D eigenvalue weighted by Gasteiger charge is 2.79. The van der Waals surface area contributed by atoms with Crippen molar-refractivity contribution in [2.75, 3.05) is 13.2 Å². The van der Waals surface area contributed by atoms with Gasteiger partial charge in [-0.1, -0.05) is 43.7 Å². The van der Waals surface area contributed by atoms with Crippen molar-refractivity contribution in [3.63, 3.8) is 0 Å². The molecule has 0 amide bonds. The van der Waals surface area contributed by atoms with E-state index in [0.717, 1.165) is 27.8 Å². The Balaban J connectivity index is 1.49. The van der Waals surface area contributed by atoms with E-state index < -0.39 is 41.4 Å². The molecule has 1 aliphatic heterocycles. The average Bonchev–Trinajstić information content (AvgIpc) is 3.13. The van der Waals surface area contributed by atoms with E-state index in [1.807, 2.05) is 24.3 Å². The van der Waals surface area contributed by atoms with Crippen LogP contribution >= 0.6 is 0 Å². The van der Waals surface area contributed by atoms with Gasteiger partial charge >= 0.3 is 12.1 Å². The van der Waals surface area contributed by atoms with Gasteiger partial charge in [0.25, 0.3) is 0 Å². The van der Waals surface area contributed by atoms with E-state index in [2.05, 4.69) is 6.92 Å². The predicted molar refractivity (Wildman–Crippen MR) is 131 cm³/mol. The van der Waals surface area contributed by atoms with E-state index in [1.165, 1.54) is 6.92 Å². The highest BCUT2D eigenvalue weighted by atomic mass is 19.4. The maximum atomic E-state index is 15.1. The van der Waals surface area contributed by atoms with Gasteiger partial charge in [-0.15, -0.1) is 0 Å². The molecule has 206 valence electrons. The second-order valence-corrected chi connectivity index (χ2v) is 12.6. The number of allylic oxidation sites excluding steroid dienone is 4. The summed E-state index contributed by atoms with van der Waals surface area (Å²) in [4.78, 5) is 12.2. The molecule has 38 heavy (non-hydrogen) atoms. The summed E-state index contributed by atoms with van der Waals surface area (Å²) in [5.41, 5.74) is 0.166. The molecule has 4 aliphatic carbocycles. The third kappa shape index (κ3) is 3.41. The Morgan fingerprint density at radius 3 is 2.26 bits per heavy atom. The zero-order valence-corrected chi connectivity index (χ0v) is 21.6. The second-order valence-electron chi connectivity index (χ2n) is 12.6. The SMILES string of the molecule is CC1(c2ccc([C@H]3C[C@@]4(C)[C@@H](CC[C@@]4(O)C(F)(F)C(F)(F)F)[C@@H]4CCC5=CC(=O)CCC5=C43)cc2)COC1. The fourth-order valence-electron chi connectivity index (χ4n) is 8.41. The number of carbonyl (C=O) groups excluding carboxylic acids is 1. The smallest absolute Gasteiger partial charge is 0.383 e. The minimum absolute atomic E-state index is 0.00385. The molecule has 0 bridgehead atoms. The third-order valence-electron chi connectivity index (χ3n) is 10.6. The standard InChI is InChI=1S/C30H33F5O3/c1-26(15-38-16-26)19-6-3-17(4-7-19)23-14-27(2)24(11-12-28(27,37)29(31,32)30(33,34)35)22-9-5-18-13-20(36)8-10-21(18)25(22)23/h3-4,6-7,13,22-24,37H,5,8-12,14-16H2,1-2H3/t22-,23+,24-,27-,28-/m0/s1. The Kier molecular flexibility index (Phi) is 5.67. The Bertz CT molecular complexity index is 1230. The zero-order valence-electron chi connectivity index (χ0n) is 21.6. The molecule has 1 aromatic carbocycles. The Labute approximate surface area is 219 Å². The molecule has 6 rings (SSSR count). The lowest BCUT2D eigenvalue weighted by Crippen LogP contribution is -2.65. The van der Waals surface area contributed by atoms with E-state index in [4.69, 9.17) is 4.74 Å². The van der Waals surface area contributed by atoms with Gasteiger partial charge in [0.1, 0.15) is 5.60 Å². The summed E-state index contributed by atoms with van der Waals surface area (Å²) in [6, 6.07) is 7.92.